The molecule has 2 aliphatic heterocycles. The number of amides is 1. The lowest BCUT2D eigenvalue weighted by Crippen LogP contribution is -2.42. The standard InChI is InChI=1S/C20H18N2O6S2/c21-20(23)19-18(13-3-1-2-4-17(13)29-19)16-10-22(7-8-26-16)30(24,25)12-5-6-14-15(9-12)28-11-27-14/h1-6,9,16H,7-8,10-11H2,(H2,21,23). The van der Waals surface area contributed by atoms with Crippen LogP contribution >= 0.6 is 11.3 Å². The fourth-order valence-corrected chi connectivity index (χ4v) is 6.32. The van der Waals surface area contributed by atoms with Gasteiger partial charge in [-0.3, -0.25) is 4.79 Å². The molecular formula is C20H18N2O6S2. The minimum Gasteiger partial charge on any atom is -0.454 e. The van der Waals surface area contributed by atoms with Gasteiger partial charge in [0.1, 0.15) is 0 Å². The molecule has 0 bridgehead atoms. The minimum atomic E-state index is -3.79. The Kier molecular flexibility index (Phi) is 4.66. The molecule has 0 radical (unpaired) electrons. The smallest absolute Gasteiger partial charge is 0.259 e. The molecule has 3 heterocycles. The predicted octanol–water partition coefficient (Wildman–Crippen LogP) is 2.49. The Morgan fingerprint density at radius 3 is 2.77 bits per heavy atom. The molecule has 2 aliphatic rings. The fraction of sp³-hybridized carbons (Fsp3) is 0.250. The van der Waals surface area contributed by atoms with Gasteiger partial charge in [-0.1, -0.05) is 18.2 Å². The number of fused-ring (bicyclic) bond motifs is 2. The van der Waals surface area contributed by atoms with Crippen LogP contribution in [0.3, 0.4) is 0 Å². The van der Waals surface area contributed by atoms with Gasteiger partial charge >= 0.3 is 0 Å². The van der Waals surface area contributed by atoms with Crippen molar-refractivity contribution in [3.05, 3.63) is 52.9 Å². The van der Waals surface area contributed by atoms with E-state index in [1.807, 2.05) is 24.3 Å². The summed E-state index contributed by atoms with van der Waals surface area (Å²) in [6, 6.07) is 12.1. The number of sulfonamides is 1. The van der Waals surface area contributed by atoms with Crippen molar-refractivity contribution in [2.24, 2.45) is 5.73 Å². The van der Waals surface area contributed by atoms with Gasteiger partial charge in [0.2, 0.25) is 16.8 Å². The summed E-state index contributed by atoms with van der Waals surface area (Å²) in [7, 11) is -3.79. The topological polar surface area (TPSA) is 108 Å². The third-order valence-corrected chi connectivity index (χ3v) is 8.25. The van der Waals surface area contributed by atoms with Crippen molar-refractivity contribution in [2.45, 2.75) is 11.0 Å². The van der Waals surface area contributed by atoms with E-state index in [-0.39, 0.29) is 31.4 Å². The molecule has 1 amide bonds. The number of carbonyl (C=O) groups excluding carboxylic acids is 1. The van der Waals surface area contributed by atoms with E-state index >= 15 is 0 Å². The van der Waals surface area contributed by atoms with E-state index in [1.165, 1.54) is 27.8 Å². The molecule has 156 valence electrons. The molecule has 0 aliphatic carbocycles. The van der Waals surface area contributed by atoms with Gasteiger partial charge in [0.05, 0.1) is 22.5 Å². The molecule has 5 rings (SSSR count). The van der Waals surface area contributed by atoms with Gasteiger partial charge in [-0.2, -0.15) is 4.31 Å². The summed E-state index contributed by atoms with van der Waals surface area (Å²) >= 11 is 1.29. The third-order valence-electron chi connectivity index (χ3n) is 5.19. The Morgan fingerprint density at radius 1 is 1.13 bits per heavy atom. The highest BCUT2D eigenvalue weighted by Gasteiger charge is 2.35. The van der Waals surface area contributed by atoms with Crippen molar-refractivity contribution in [1.29, 1.82) is 0 Å². The van der Waals surface area contributed by atoms with E-state index in [0.717, 1.165) is 10.1 Å². The molecule has 1 fully saturated rings. The zero-order valence-corrected chi connectivity index (χ0v) is 17.4. The van der Waals surface area contributed by atoms with Crippen molar-refractivity contribution >= 4 is 37.4 Å². The van der Waals surface area contributed by atoms with Gasteiger partial charge in [-0.05, 0) is 23.6 Å². The summed E-state index contributed by atoms with van der Waals surface area (Å²) in [6.45, 7) is 0.565. The van der Waals surface area contributed by atoms with Crippen molar-refractivity contribution in [2.75, 3.05) is 26.5 Å². The van der Waals surface area contributed by atoms with Crippen LogP contribution in [0.5, 0.6) is 11.5 Å². The molecule has 1 unspecified atom stereocenters. The van der Waals surface area contributed by atoms with Crippen molar-refractivity contribution < 1.29 is 27.4 Å². The maximum Gasteiger partial charge on any atom is 0.259 e. The maximum absolute atomic E-state index is 13.3. The summed E-state index contributed by atoms with van der Waals surface area (Å²) < 4.78 is 45.3. The van der Waals surface area contributed by atoms with Crippen LogP contribution in [0.25, 0.3) is 10.1 Å². The first-order valence-electron chi connectivity index (χ1n) is 9.28. The fourth-order valence-electron chi connectivity index (χ4n) is 3.77. The number of nitrogens with zero attached hydrogens (tertiary/aromatic N) is 1. The van der Waals surface area contributed by atoms with Gasteiger partial charge in [0, 0.05) is 29.4 Å². The minimum absolute atomic E-state index is 0.0690. The lowest BCUT2D eigenvalue weighted by Gasteiger charge is -2.32. The summed E-state index contributed by atoms with van der Waals surface area (Å²) in [4.78, 5) is 12.6. The summed E-state index contributed by atoms with van der Waals surface area (Å²) in [5, 5.41) is 0.851. The highest BCUT2D eigenvalue weighted by Crippen LogP contribution is 2.39. The van der Waals surface area contributed by atoms with E-state index in [1.54, 1.807) is 6.07 Å². The van der Waals surface area contributed by atoms with Crippen LogP contribution in [0.2, 0.25) is 0 Å². The van der Waals surface area contributed by atoms with Crippen molar-refractivity contribution in [3.63, 3.8) is 0 Å². The van der Waals surface area contributed by atoms with Crippen LogP contribution in [0.4, 0.5) is 0 Å². The highest BCUT2D eigenvalue weighted by atomic mass is 32.2. The molecule has 1 aromatic heterocycles. The second kappa shape index (κ2) is 7.24. The molecule has 10 heteroatoms. The second-order valence-electron chi connectivity index (χ2n) is 6.94. The lowest BCUT2D eigenvalue weighted by atomic mass is 10.0. The first-order valence-corrected chi connectivity index (χ1v) is 11.5. The number of benzene rings is 2. The number of rotatable bonds is 4. The van der Waals surface area contributed by atoms with Gasteiger partial charge < -0.3 is 19.9 Å². The quantitative estimate of drug-likeness (QED) is 0.660. The SMILES string of the molecule is NC(=O)c1sc2ccccc2c1C1CN(S(=O)(=O)c2ccc3c(c2)OCO3)CCO1. The Labute approximate surface area is 176 Å². The van der Waals surface area contributed by atoms with E-state index in [4.69, 9.17) is 19.9 Å². The van der Waals surface area contributed by atoms with Gasteiger partial charge in [0.15, 0.2) is 11.5 Å². The zero-order chi connectivity index (χ0) is 20.9. The lowest BCUT2D eigenvalue weighted by molar-refractivity contribution is -0.00189. The normalized spacial score (nSPS) is 19.3. The van der Waals surface area contributed by atoms with Gasteiger partial charge in [0.25, 0.3) is 5.91 Å². The maximum atomic E-state index is 13.3. The largest absolute Gasteiger partial charge is 0.454 e. The first-order chi connectivity index (χ1) is 14.4. The monoisotopic (exact) mass is 446 g/mol. The third kappa shape index (κ3) is 3.12. The number of hydrogen-bond donors (Lipinski definition) is 1. The second-order valence-corrected chi connectivity index (χ2v) is 9.93. The number of hydrogen-bond acceptors (Lipinski definition) is 7. The van der Waals surface area contributed by atoms with E-state index in [9.17, 15) is 13.2 Å². The Morgan fingerprint density at radius 2 is 1.93 bits per heavy atom. The van der Waals surface area contributed by atoms with Gasteiger partial charge in [-0.25, -0.2) is 8.42 Å². The summed E-state index contributed by atoms with van der Waals surface area (Å²) in [6.07, 6.45) is -0.596. The molecule has 0 saturated carbocycles. The Bertz CT molecular complexity index is 1250. The molecule has 8 nitrogen and oxygen atoms in total. The number of primary amides is 1. The molecule has 1 atom stereocenters. The highest BCUT2D eigenvalue weighted by molar-refractivity contribution is 7.89. The molecule has 3 aromatic rings. The summed E-state index contributed by atoms with van der Waals surface area (Å²) in [5.74, 6) is 0.371. The van der Waals surface area contributed by atoms with Crippen LogP contribution in [-0.4, -0.2) is 45.1 Å². The van der Waals surface area contributed by atoms with Crippen LogP contribution in [0.1, 0.15) is 21.3 Å². The number of nitrogens with two attached hydrogens (primary N) is 1. The van der Waals surface area contributed by atoms with E-state index in [2.05, 4.69) is 0 Å². The van der Waals surface area contributed by atoms with E-state index < -0.39 is 22.0 Å². The molecule has 2 N–H and O–H groups in total. The molecule has 0 spiro atoms. The molecular weight excluding hydrogens is 428 g/mol. The number of morpholine rings is 1. The molecule has 30 heavy (non-hydrogen) atoms. The van der Waals surface area contributed by atoms with Crippen molar-refractivity contribution in [3.8, 4) is 11.5 Å². The number of ether oxygens (including phenoxy) is 3. The molecule has 2 aromatic carbocycles. The zero-order valence-electron chi connectivity index (χ0n) is 15.7. The predicted molar refractivity (Wildman–Crippen MR) is 110 cm³/mol. The Hall–Kier alpha value is -2.66. The van der Waals surface area contributed by atoms with Gasteiger partial charge in [-0.15, -0.1) is 11.3 Å². The Balaban J connectivity index is 1.50. The van der Waals surface area contributed by atoms with Crippen LogP contribution in [-0.2, 0) is 14.8 Å². The first kappa shape index (κ1) is 19.3. The van der Waals surface area contributed by atoms with E-state index in [0.29, 0.717) is 21.9 Å². The summed E-state index contributed by atoms with van der Waals surface area (Å²) in [5.41, 5.74) is 6.25. The number of carbonyl (C=O) groups is 1. The van der Waals surface area contributed by atoms with Crippen LogP contribution in [0.15, 0.2) is 47.4 Å². The average molecular weight is 447 g/mol. The number of thiophene rings is 1. The average Bonchev–Trinajstić information content (AvgIpc) is 3.38. The van der Waals surface area contributed by atoms with Crippen LogP contribution in [0, 0.1) is 0 Å². The van der Waals surface area contributed by atoms with Crippen LogP contribution < -0.4 is 15.2 Å². The van der Waals surface area contributed by atoms with Crippen molar-refractivity contribution in [1.82, 2.24) is 4.31 Å². The molecule has 1 saturated heterocycles.